The van der Waals surface area contributed by atoms with Crippen molar-refractivity contribution in [2.45, 2.75) is 18.9 Å². The molecule has 3 nitrogen and oxygen atoms in total. The molecule has 0 bridgehead atoms. The summed E-state index contributed by atoms with van der Waals surface area (Å²) in [4.78, 5) is 3.97. The van der Waals surface area contributed by atoms with Crippen molar-refractivity contribution in [3.05, 3.63) is 65.7 Å². The molecule has 0 spiro atoms. The van der Waals surface area contributed by atoms with Gasteiger partial charge in [0, 0.05) is 18.4 Å². The van der Waals surface area contributed by atoms with E-state index >= 15 is 0 Å². The molecule has 0 saturated carbocycles. The van der Waals surface area contributed by atoms with Crippen molar-refractivity contribution < 1.29 is 4.39 Å². The predicted octanol–water partition coefficient (Wildman–Crippen LogP) is 1.84. The Kier molecular flexibility index (Phi) is 4.39. The van der Waals surface area contributed by atoms with Crippen molar-refractivity contribution in [1.29, 1.82) is 0 Å². The molecule has 1 aromatic heterocycles. The van der Waals surface area contributed by atoms with Crippen LogP contribution < -0.4 is 11.3 Å². The number of rotatable bonds is 5. The lowest BCUT2D eigenvalue weighted by Crippen LogP contribution is -2.38. The standard InChI is InChI=1S/C14H16FN3/c15-13-3-1-2-12(8-13)10-14(18-16)9-11-4-6-17-7-5-11/h1-8,14,18H,9-10,16H2. The minimum Gasteiger partial charge on any atom is -0.271 e. The minimum atomic E-state index is -0.216. The molecular weight excluding hydrogens is 229 g/mol. The molecule has 0 aliphatic carbocycles. The van der Waals surface area contributed by atoms with Crippen LogP contribution in [0.2, 0.25) is 0 Å². The van der Waals surface area contributed by atoms with Crippen LogP contribution in [0.15, 0.2) is 48.8 Å². The fourth-order valence-electron chi connectivity index (χ4n) is 1.94. The third kappa shape index (κ3) is 3.61. The monoisotopic (exact) mass is 245 g/mol. The summed E-state index contributed by atoms with van der Waals surface area (Å²) in [7, 11) is 0. The number of nitrogens with zero attached hydrogens (tertiary/aromatic N) is 1. The van der Waals surface area contributed by atoms with Crippen molar-refractivity contribution in [3.8, 4) is 0 Å². The molecule has 2 rings (SSSR count). The Balaban J connectivity index is 2.01. The van der Waals surface area contributed by atoms with Gasteiger partial charge in [-0.05, 0) is 48.2 Å². The average Bonchev–Trinajstić information content (AvgIpc) is 2.39. The van der Waals surface area contributed by atoms with E-state index in [1.165, 1.54) is 12.1 Å². The maximum absolute atomic E-state index is 13.1. The number of hydrogen-bond donors (Lipinski definition) is 2. The van der Waals surface area contributed by atoms with Gasteiger partial charge in [-0.25, -0.2) is 4.39 Å². The Hall–Kier alpha value is -1.78. The summed E-state index contributed by atoms with van der Waals surface area (Å²) in [5, 5.41) is 0. The van der Waals surface area contributed by atoms with Gasteiger partial charge >= 0.3 is 0 Å². The molecule has 1 atom stereocenters. The SMILES string of the molecule is NNC(Cc1ccncc1)Cc1cccc(F)c1. The van der Waals surface area contributed by atoms with Gasteiger partial charge in [-0.1, -0.05) is 12.1 Å². The normalized spacial score (nSPS) is 12.3. The summed E-state index contributed by atoms with van der Waals surface area (Å²) in [6, 6.07) is 10.6. The maximum Gasteiger partial charge on any atom is 0.123 e. The van der Waals surface area contributed by atoms with Crippen LogP contribution in [0.4, 0.5) is 4.39 Å². The number of nitrogens with two attached hydrogens (primary N) is 1. The van der Waals surface area contributed by atoms with Crippen LogP contribution in [0, 0.1) is 5.82 Å². The van der Waals surface area contributed by atoms with Crippen LogP contribution in [0.5, 0.6) is 0 Å². The molecule has 1 aromatic carbocycles. The summed E-state index contributed by atoms with van der Waals surface area (Å²) in [5.74, 6) is 5.33. The number of aromatic nitrogens is 1. The molecule has 1 heterocycles. The van der Waals surface area contributed by atoms with Gasteiger partial charge in [0.2, 0.25) is 0 Å². The zero-order valence-electron chi connectivity index (χ0n) is 10.0. The van der Waals surface area contributed by atoms with Crippen molar-refractivity contribution in [2.75, 3.05) is 0 Å². The van der Waals surface area contributed by atoms with Gasteiger partial charge < -0.3 is 0 Å². The van der Waals surface area contributed by atoms with E-state index in [-0.39, 0.29) is 11.9 Å². The van der Waals surface area contributed by atoms with Gasteiger partial charge in [-0.15, -0.1) is 0 Å². The molecule has 0 fully saturated rings. The first-order valence-electron chi connectivity index (χ1n) is 5.87. The van der Waals surface area contributed by atoms with Crippen LogP contribution in [-0.4, -0.2) is 11.0 Å². The van der Waals surface area contributed by atoms with Crippen LogP contribution >= 0.6 is 0 Å². The summed E-state index contributed by atoms with van der Waals surface area (Å²) >= 11 is 0. The minimum absolute atomic E-state index is 0.0780. The smallest absolute Gasteiger partial charge is 0.123 e. The van der Waals surface area contributed by atoms with Crippen LogP contribution in [0.25, 0.3) is 0 Å². The zero-order chi connectivity index (χ0) is 12.8. The molecule has 0 aliphatic rings. The van der Waals surface area contributed by atoms with Crippen molar-refractivity contribution in [3.63, 3.8) is 0 Å². The van der Waals surface area contributed by atoms with E-state index in [2.05, 4.69) is 10.4 Å². The predicted molar refractivity (Wildman–Crippen MR) is 69.2 cm³/mol. The number of hydrogen-bond acceptors (Lipinski definition) is 3. The molecule has 0 saturated heterocycles. The third-order valence-electron chi connectivity index (χ3n) is 2.84. The lowest BCUT2D eigenvalue weighted by molar-refractivity contribution is 0.520. The molecule has 94 valence electrons. The highest BCUT2D eigenvalue weighted by Gasteiger charge is 2.09. The second kappa shape index (κ2) is 6.23. The molecule has 4 heteroatoms. The lowest BCUT2D eigenvalue weighted by Gasteiger charge is -2.16. The van der Waals surface area contributed by atoms with Gasteiger partial charge in [0.05, 0.1) is 0 Å². The van der Waals surface area contributed by atoms with E-state index < -0.39 is 0 Å². The van der Waals surface area contributed by atoms with Crippen molar-refractivity contribution in [2.24, 2.45) is 5.84 Å². The van der Waals surface area contributed by atoms with Crippen LogP contribution in [0.1, 0.15) is 11.1 Å². The Morgan fingerprint density at radius 1 is 1.11 bits per heavy atom. The summed E-state index contributed by atoms with van der Waals surface area (Å²) < 4.78 is 13.1. The fraction of sp³-hybridized carbons (Fsp3) is 0.214. The third-order valence-corrected chi connectivity index (χ3v) is 2.84. The summed E-state index contributed by atoms with van der Waals surface area (Å²) in [6.07, 6.45) is 4.99. The molecule has 3 N–H and O–H groups in total. The Morgan fingerprint density at radius 3 is 2.50 bits per heavy atom. The molecule has 0 aliphatic heterocycles. The number of benzene rings is 1. The molecule has 1 unspecified atom stereocenters. The van der Waals surface area contributed by atoms with E-state index in [4.69, 9.17) is 5.84 Å². The highest BCUT2D eigenvalue weighted by Crippen LogP contribution is 2.09. The van der Waals surface area contributed by atoms with Gasteiger partial charge in [0.15, 0.2) is 0 Å². The first-order valence-corrected chi connectivity index (χ1v) is 5.87. The molecule has 2 aromatic rings. The fourth-order valence-corrected chi connectivity index (χ4v) is 1.94. The lowest BCUT2D eigenvalue weighted by atomic mass is 10.00. The summed E-state index contributed by atoms with van der Waals surface area (Å²) in [6.45, 7) is 0. The van der Waals surface area contributed by atoms with Crippen LogP contribution in [-0.2, 0) is 12.8 Å². The Morgan fingerprint density at radius 2 is 1.83 bits per heavy atom. The number of pyridine rings is 1. The highest BCUT2D eigenvalue weighted by molar-refractivity contribution is 5.19. The quantitative estimate of drug-likeness (QED) is 0.624. The van der Waals surface area contributed by atoms with Gasteiger partial charge in [-0.3, -0.25) is 16.3 Å². The van der Waals surface area contributed by atoms with Crippen molar-refractivity contribution in [1.82, 2.24) is 10.4 Å². The Bertz CT molecular complexity index is 487. The van der Waals surface area contributed by atoms with Gasteiger partial charge in [0.25, 0.3) is 0 Å². The maximum atomic E-state index is 13.1. The van der Waals surface area contributed by atoms with E-state index in [9.17, 15) is 4.39 Å². The average molecular weight is 245 g/mol. The van der Waals surface area contributed by atoms with E-state index in [1.807, 2.05) is 18.2 Å². The van der Waals surface area contributed by atoms with E-state index in [0.717, 1.165) is 17.5 Å². The first-order chi connectivity index (χ1) is 8.78. The largest absolute Gasteiger partial charge is 0.271 e. The molecule has 0 amide bonds. The molecular formula is C14H16FN3. The van der Waals surface area contributed by atoms with Crippen molar-refractivity contribution >= 4 is 0 Å². The second-order valence-corrected chi connectivity index (χ2v) is 4.26. The topological polar surface area (TPSA) is 50.9 Å². The number of hydrazine groups is 1. The zero-order valence-corrected chi connectivity index (χ0v) is 10.0. The van der Waals surface area contributed by atoms with E-state index in [0.29, 0.717) is 6.42 Å². The van der Waals surface area contributed by atoms with E-state index in [1.54, 1.807) is 18.5 Å². The second-order valence-electron chi connectivity index (χ2n) is 4.26. The molecule has 0 radical (unpaired) electrons. The first kappa shape index (κ1) is 12.7. The van der Waals surface area contributed by atoms with Gasteiger partial charge in [0.1, 0.15) is 5.82 Å². The Labute approximate surface area is 106 Å². The molecule has 18 heavy (non-hydrogen) atoms. The highest BCUT2D eigenvalue weighted by atomic mass is 19.1. The van der Waals surface area contributed by atoms with Gasteiger partial charge in [-0.2, -0.15) is 0 Å². The number of halogens is 1. The summed E-state index contributed by atoms with van der Waals surface area (Å²) in [5.41, 5.74) is 4.87. The van der Waals surface area contributed by atoms with Crippen LogP contribution in [0.3, 0.4) is 0 Å². The number of nitrogens with one attached hydrogen (secondary N) is 1.